The molecule has 4 rings (SSSR count). The third-order valence-corrected chi connectivity index (χ3v) is 6.17. The minimum atomic E-state index is 0.172. The number of likely N-dealkylation sites (tertiary alicyclic amines) is 2. The summed E-state index contributed by atoms with van der Waals surface area (Å²) in [6.07, 6.45) is 5.21. The molecule has 3 aliphatic rings. The van der Waals surface area contributed by atoms with Gasteiger partial charge in [0.2, 0.25) is 0 Å². The number of nitrogens with one attached hydrogen (secondary N) is 1. The van der Waals surface area contributed by atoms with Gasteiger partial charge in [0, 0.05) is 32.7 Å². The molecule has 0 bridgehead atoms. The number of urea groups is 1. The van der Waals surface area contributed by atoms with Gasteiger partial charge in [-0.2, -0.15) is 0 Å². The summed E-state index contributed by atoms with van der Waals surface area (Å²) in [5.41, 5.74) is 1.38. The minimum Gasteiger partial charge on any atom is -0.338 e. The standard InChI is InChI=1S/C20H29N3O/c24-20(23-14-18-7-4-8-19(18)15-23)21-11-17-9-10-22(13-17)12-16-5-2-1-3-6-16/h1-3,5-6,17-19H,4,7-15H2,(H,21,24)/t17-,18-,19-/m0/s1. The fourth-order valence-corrected chi connectivity index (χ4v) is 4.81. The van der Waals surface area contributed by atoms with Crippen LogP contribution in [-0.2, 0) is 6.54 Å². The molecule has 2 saturated heterocycles. The molecule has 0 spiro atoms. The van der Waals surface area contributed by atoms with Crippen LogP contribution in [-0.4, -0.2) is 48.6 Å². The highest BCUT2D eigenvalue weighted by atomic mass is 16.2. The number of carbonyl (C=O) groups is 1. The van der Waals surface area contributed by atoms with E-state index in [0.29, 0.717) is 5.92 Å². The fourth-order valence-electron chi connectivity index (χ4n) is 4.81. The van der Waals surface area contributed by atoms with Gasteiger partial charge in [0.15, 0.2) is 0 Å². The third-order valence-electron chi connectivity index (χ3n) is 6.17. The van der Waals surface area contributed by atoms with Crippen molar-refractivity contribution >= 4 is 6.03 Å². The highest BCUT2D eigenvalue weighted by molar-refractivity contribution is 5.74. The molecule has 1 aromatic rings. The molecule has 1 aromatic carbocycles. The number of fused-ring (bicyclic) bond motifs is 1. The molecule has 0 radical (unpaired) electrons. The number of benzene rings is 1. The first-order valence-electron chi connectivity index (χ1n) is 9.57. The lowest BCUT2D eigenvalue weighted by Gasteiger charge is -2.20. The highest BCUT2D eigenvalue weighted by Crippen LogP contribution is 2.37. The van der Waals surface area contributed by atoms with Crippen molar-refractivity contribution in [2.24, 2.45) is 17.8 Å². The van der Waals surface area contributed by atoms with Crippen LogP contribution in [0.3, 0.4) is 0 Å². The van der Waals surface area contributed by atoms with Gasteiger partial charge in [-0.05, 0) is 49.1 Å². The number of hydrogen-bond donors (Lipinski definition) is 1. The Labute approximate surface area is 145 Å². The molecule has 0 aromatic heterocycles. The molecule has 2 amide bonds. The fraction of sp³-hybridized carbons (Fsp3) is 0.650. The van der Waals surface area contributed by atoms with E-state index < -0.39 is 0 Å². The van der Waals surface area contributed by atoms with Crippen molar-refractivity contribution in [3.8, 4) is 0 Å². The Morgan fingerprint density at radius 2 is 1.79 bits per heavy atom. The van der Waals surface area contributed by atoms with Gasteiger partial charge in [0.25, 0.3) is 0 Å². The quantitative estimate of drug-likeness (QED) is 0.923. The average Bonchev–Trinajstić information content (AvgIpc) is 3.29. The van der Waals surface area contributed by atoms with Crippen LogP contribution < -0.4 is 5.32 Å². The second-order valence-electron chi connectivity index (χ2n) is 7.92. The first-order chi connectivity index (χ1) is 11.8. The largest absolute Gasteiger partial charge is 0.338 e. The van der Waals surface area contributed by atoms with E-state index in [9.17, 15) is 4.79 Å². The Hall–Kier alpha value is -1.55. The van der Waals surface area contributed by atoms with Crippen LogP contribution in [0.4, 0.5) is 4.79 Å². The number of carbonyl (C=O) groups excluding carboxylic acids is 1. The van der Waals surface area contributed by atoms with Gasteiger partial charge in [-0.25, -0.2) is 4.79 Å². The van der Waals surface area contributed by atoms with Crippen LogP contribution in [0.1, 0.15) is 31.2 Å². The summed E-state index contributed by atoms with van der Waals surface area (Å²) in [5.74, 6) is 2.16. The van der Waals surface area contributed by atoms with E-state index in [1.165, 1.54) is 31.2 Å². The van der Waals surface area contributed by atoms with Crippen molar-refractivity contribution in [2.75, 3.05) is 32.7 Å². The van der Waals surface area contributed by atoms with E-state index in [-0.39, 0.29) is 6.03 Å². The predicted octanol–water partition coefficient (Wildman–Crippen LogP) is 2.95. The Morgan fingerprint density at radius 3 is 2.54 bits per heavy atom. The summed E-state index contributed by atoms with van der Waals surface area (Å²) >= 11 is 0. The number of rotatable bonds is 4. The van der Waals surface area contributed by atoms with Crippen molar-refractivity contribution < 1.29 is 4.79 Å². The van der Waals surface area contributed by atoms with E-state index in [0.717, 1.165) is 51.1 Å². The molecular weight excluding hydrogens is 298 g/mol. The van der Waals surface area contributed by atoms with Crippen LogP contribution in [0.2, 0.25) is 0 Å². The summed E-state index contributed by atoms with van der Waals surface area (Å²) in [7, 11) is 0. The lowest BCUT2D eigenvalue weighted by molar-refractivity contribution is 0.203. The molecule has 4 nitrogen and oxygen atoms in total. The Bertz CT molecular complexity index is 549. The van der Waals surface area contributed by atoms with E-state index in [1.807, 2.05) is 0 Å². The minimum absolute atomic E-state index is 0.172. The molecular formula is C20H29N3O. The van der Waals surface area contributed by atoms with Crippen LogP contribution in [0.25, 0.3) is 0 Å². The van der Waals surface area contributed by atoms with Gasteiger partial charge in [-0.15, -0.1) is 0 Å². The van der Waals surface area contributed by atoms with E-state index >= 15 is 0 Å². The van der Waals surface area contributed by atoms with E-state index in [1.54, 1.807) is 0 Å². The normalized spacial score (nSPS) is 29.8. The number of nitrogens with zero attached hydrogens (tertiary/aromatic N) is 2. The number of amides is 2. The van der Waals surface area contributed by atoms with E-state index in [2.05, 4.69) is 45.4 Å². The molecule has 1 N–H and O–H groups in total. The predicted molar refractivity (Wildman–Crippen MR) is 95.6 cm³/mol. The summed E-state index contributed by atoms with van der Waals surface area (Å²) in [5, 5.41) is 3.20. The van der Waals surface area contributed by atoms with Crippen molar-refractivity contribution in [1.29, 1.82) is 0 Å². The van der Waals surface area contributed by atoms with Crippen molar-refractivity contribution in [3.05, 3.63) is 35.9 Å². The lowest BCUT2D eigenvalue weighted by Crippen LogP contribution is -2.41. The Morgan fingerprint density at radius 1 is 1.04 bits per heavy atom. The maximum atomic E-state index is 12.4. The monoisotopic (exact) mass is 327 g/mol. The maximum absolute atomic E-state index is 12.4. The zero-order chi connectivity index (χ0) is 16.4. The molecule has 2 heterocycles. The van der Waals surface area contributed by atoms with E-state index in [4.69, 9.17) is 0 Å². The zero-order valence-electron chi connectivity index (χ0n) is 14.5. The van der Waals surface area contributed by atoms with Crippen molar-refractivity contribution in [3.63, 3.8) is 0 Å². The summed E-state index contributed by atoms with van der Waals surface area (Å²) in [4.78, 5) is 17.0. The molecule has 4 heteroatoms. The maximum Gasteiger partial charge on any atom is 0.317 e. The second kappa shape index (κ2) is 7.14. The molecule has 0 unspecified atom stereocenters. The highest BCUT2D eigenvalue weighted by Gasteiger charge is 2.38. The molecule has 3 fully saturated rings. The van der Waals surface area contributed by atoms with Crippen LogP contribution >= 0.6 is 0 Å². The van der Waals surface area contributed by atoms with Crippen LogP contribution in [0.15, 0.2) is 30.3 Å². The number of hydrogen-bond acceptors (Lipinski definition) is 2. The van der Waals surface area contributed by atoms with Gasteiger partial charge >= 0.3 is 6.03 Å². The Kier molecular flexibility index (Phi) is 4.74. The van der Waals surface area contributed by atoms with Crippen molar-refractivity contribution in [2.45, 2.75) is 32.2 Å². The molecule has 1 saturated carbocycles. The van der Waals surface area contributed by atoms with Gasteiger partial charge in [-0.3, -0.25) is 4.90 Å². The molecule has 1 aliphatic carbocycles. The summed E-state index contributed by atoms with van der Waals surface area (Å²) < 4.78 is 0. The Balaban J connectivity index is 1.19. The average molecular weight is 327 g/mol. The lowest BCUT2D eigenvalue weighted by atomic mass is 10.0. The second-order valence-corrected chi connectivity index (χ2v) is 7.92. The van der Waals surface area contributed by atoms with Crippen LogP contribution in [0.5, 0.6) is 0 Å². The summed E-state index contributed by atoms with van der Waals surface area (Å²) in [6, 6.07) is 10.8. The van der Waals surface area contributed by atoms with Gasteiger partial charge in [0.1, 0.15) is 0 Å². The summed E-state index contributed by atoms with van der Waals surface area (Å²) in [6.45, 7) is 6.07. The third kappa shape index (κ3) is 3.59. The smallest absolute Gasteiger partial charge is 0.317 e. The molecule has 24 heavy (non-hydrogen) atoms. The van der Waals surface area contributed by atoms with Gasteiger partial charge < -0.3 is 10.2 Å². The molecule has 2 aliphatic heterocycles. The molecule has 3 atom stereocenters. The van der Waals surface area contributed by atoms with Gasteiger partial charge in [-0.1, -0.05) is 36.8 Å². The molecule has 130 valence electrons. The first kappa shape index (κ1) is 15.9. The van der Waals surface area contributed by atoms with Crippen LogP contribution in [0, 0.1) is 17.8 Å². The first-order valence-corrected chi connectivity index (χ1v) is 9.57. The van der Waals surface area contributed by atoms with Gasteiger partial charge in [0.05, 0.1) is 0 Å². The zero-order valence-corrected chi connectivity index (χ0v) is 14.5. The SMILES string of the molecule is O=C(NC[C@@H]1CCN(Cc2ccccc2)C1)N1C[C@@H]2CCC[C@H]2C1. The van der Waals surface area contributed by atoms with Crippen molar-refractivity contribution in [1.82, 2.24) is 15.1 Å². The topological polar surface area (TPSA) is 35.6 Å².